The van der Waals surface area contributed by atoms with E-state index in [0.29, 0.717) is 24.5 Å². The van der Waals surface area contributed by atoms with E-state index in [1.54, 1.807) is 29.3 Å². The smallest absolute Gasteiger partial charge is 0.149 e. The van der Waals surface area contributed by atoms with Crippen molar-refractivity contribution < 1.29 is 9.90 Å². The van der Waals surface area contributed by atoms with E-state index in [4.69, 9.17) is 0 Å². The maximum Gasteiger partial charge on any atom is 0.149 e. The lowest BCUT2D eigenvalue weighted by molar-refractivity contribution is -0.119. The molecule has 0 bridgehead atoms. The number of thiazole rings is 1. The first kappa shape index (κ1) is 17.6. The number of pyridine rings is 1. The van der Waals surface area contributed by atoms with E-state index in [-0.39, 0.29) is 5.92 Å². The molecule has 1 saturated carbocycles. The highest BCUT2D eigenvalue weighted by Gasteiger charge is 2.36. The molecule has 1 N–H and O–H groups in total. The molecule has 0 amide bonds. The molecule has 2 heterocycles. The van der Waals surface area contributed by atoms with Gasteiger partial charge in [0.2, 0.25) is 0 Å². The Balaban J connectivity index is 1.64. The molecule has 1 fully saturated rings. The van der Waals surface area contributed by atoms with Crippen LogP contribution in [0.1, 0.15) is 55.9 Å². The van der Waals surface area contributed by atoms with Crippen LogP contribution in [0.2, 0.25) is 0 Å². The van der Waals surface area contributed by atoms with Crippen LogP contribution in [-0.2, 0) is 4.79 Å². The van der Waals surface area contributed by atoms with Crippen LogP contribution < -0.4 is 0 Å². The first-order chi connectivity index (χ1) is 11.7. The topological polar surface area (TPSA) is 63.1 Å². The van der Waals surface area contributed by atoms with Gasteiger partial charge in [0.15, 0.2) is 0 Å². The fourth-order valence-corrected chi connectivity index (χ4v) is 5.02. The van der Waals surface area contributed by atoms with Crippen LogP contribution >= 0.6 is 23.1 Å². The van der Waals surface area contributed by atoms with Gasteiger partial charge in [0, 0.05) is 29.9 Å². The van der Waals surface area contributed by atoms with Gasteiger partial charge in [-0.1, -0.05) is 24.8 Å². The minimum Gasteiger partial charge on any atom is -0.388 e. The highest BCUT2D eigenvalue weighted by atomic mass is 32.2. The molecule has 2 aromatic heterocycles. The maximum atomic E-state index is 12.3. The Labute approximate surface area is 150 Å². The Kier molecular flexibility index (Phi) is 6.03. The number of thioether (sulfide) groups is 1. The van der Waals surface area contributed by atoms with E-state index in [2.05, 4.69) is 9.97 Å². The molecular weight excluding hydrogens is 340 g/mol. The molecule has 6 heteroatoms. The van der Waals surface area contributed by atoms with Crippen molar-refractivity contribution in [3.05, 3.63) is 41.2 Å². The third-order valence-corrected chi connectivity index (χ3v) is 6.60. The molecule has 0 aromatic carbocycles. The summed E-state index contributed by atoms with van der Waals surface area (Å²) in [6, 6.07) is 3.83. The van der Waals surface area contributed by atoms with Gasteiger partial charge >= 0.3 is 0 Å². The van der Waals surface area contributed by atoms with Crippen LogP contribution in [0, 0.1) is 5.92 Å². The summed E-state index contributed by atoms with van der Waals surface area (Å²) in [5, 5.41) is 11.9. The van der Waals surface area contributed by atoms with Crippen molar-refractivity contribution in [2.24, 2.45) is 5.92 Å². The molecule has 3 unspecified atom stereocenters. The third kappa shape index (κ3) is 4.05. The van der Waals surface area contributed by atoms with Crippen LogP contribution in [0.15, 0.2) is 34.2 Å². The summed E-state index contributed by atoms with van der Waals surface area (Å²) in [7, 11) is 0. The number of hydrogen-bond donors (Lipinski definition) is 1. The maximum absolute atomic E-state index is 12.3. The van der Waals surface area contributed by atoms with Crippen LogP contribution in [0.25, 0.3) is 0 Å². The van der Waals surface area contributed by atoms with Gasteiger partial charge in [-0.2, -0.15) is 0 Å². The number of aliphatic hydroxyl groups is 1. The lowest BCUT2D eigenvalue weighted by atomic mass is 9.89. The molecule has 24 heavy (non-hydrogen) atoms. The molecule has 4 nitrogen and oxygen atoms in total. The minimum absolute atomic E-state index is 0.0882. The van der Waals surface area contributed by atoms with Gasteiger partial charge < -0.3 is 5.11 Å². The largest absolute Gasteiger partial charge is 0.388 e. The van der Waals surface area contributed by atoms with Crippen molar-refractivity contribution in [3.8, 4) is 0 Å². The van der Waals surface area contributed by atoms with Gasteiger partial charge in [-0.05, 0) is 36.8 Å². The number of aliphatic hydroxyl groups excluding tert-OH is 1. The Morgan fingerprint density at radius 3 is 2.96 bits per heavy atom. The molecule has 3 atom stereocenters. The number of Topliss-reactive ketones (excluding diaryl/α,β-unsaturated/α-hetero) is 1. The van der Waals surface area contributed by atoms with Crippen molar-refractivity contribution in [1.82, 2.24) is 9.97 Å². The highest BCUT2D eigenvalue weighted by molar-refractivity contribution is 8.00. The van der Waals surface area contributed by atoms with Gasteiger partial charge in [-0.15, -0.1) is 11.3 Å². The monoisotopic (exact) mass is 362 g/mol. The normalized spacial score (nSPS) is 22.0. The number of rotatable bonds is 7. The summed E-state index contributed by atoms with van der Waals surface area (Å²) in [4.78, 5) is 21.1. The van der Waals surface area contributed by atoms with E-state index < -0.39 is 6.10 Å². The number of carbonyl (C=O) groups is 1. The van der Waals surface area contributed by atoms with Crippen LogP contribution in [0.5, 0.6) is 0 Å². The Morgan fingerprint density at radius 2 is 2.29 bits per heavy atom. The van der Waals surface area contributed by atoms with Crippen LogP contribution in [-0.4, -0.2) is 26.6 Å². The molecule has 2 aromatic rings. The third-order valence-electron chi connectivity index (χ3n) is 4.60. The zero-order valence-corrected chi connectivity index (χ0v) is 15.4. The minimum atomic E-state index is -0.476. The quantitative estimate of drug-likeness (QED) is 0.747. The van der Waals surface area contributed by atoms with Crippen molar-refractivity contribution in [2.45, 2.75) is 49.0 Å². The fraction of sp³-hybridized carbons (Fsp3) is 0.500. The molecule has 0 radical (unpaired) electrons. The summed E-state index contributed by atoms with van der Waals surface area (Å²) in [6.45, 7) is 1.94. The Hall–Kier alpha value is -1.24. The van der Waals surface area contributed by atoms with Gasteiger partial charge in [0.1, 0.15) is 10.1 Å². The standard InChI is InChI=1S/C18H22N2O2S2/c1-2-15(21)13-3-5-14(20-11-13)17-12(4-6-16(17)22)7-9-23-18-19-8-10-24-18/h3,5,8,10-12,15,17,21H,2,4,6-7,9H2,1H3. The first-order valence-electron chi connectivity index (χ1n) is 8.38. The molecular formula is C18H22N2O2S2. The second-order valence-corrected chi connectivity index (χ2v) is 8.35. The van der Waals surface area contributed by atoms with E-state index in [1.165, 1.54) is 0 Å². The van der Waals surface area contributed by atoms with Crippen molar-refractivity contribution in [3.63, 3.8) is 0 Å². The SMILES string of the molecule is CCC(O)c1ccc(C2C(=O)CCC2CCSc2nccs2)nc1. The van der Waals surface area contributed by atoms with Crippen LogP contribution in [0.4, 0.5) is 0 Å². The van der Waals surface area contributed by atoms with Crippen LogP contribution in [0.3, 0.4) is 0 Å². The van der Waals surface area contributed by atoms with Gasteiger partial charge in [0.05, 0.1) is 17.7 Å². The zero-order valence-electron chi connectivity index (χ0n) is 13.7. The molecule has 128 valence electrons. The molecule has 0 saturated heterocycles. The fourth-order valence-electron chi connectivity index (χ4n) is 3.24. The highest BCUT2D eigenvalue weighted by Crippen LogP contribution is 2.39. The molecule has 3 rings (SSSR count). The van der Waals surface area contributed by atoms with Gasteiger partial charge in [0.25, 0.3) is 0 Å². The van der Waals surface area contributed by atoms with E-state index in [0.717, 1.165) is 34.2 Å². The lowest BCUT2D eigenvalue weighted by Gasteiger charge is -2.18. The molecule has 1 aliphatic rings. The summed E-state index contributed by atoms with van der Waals surface area (Å²) >= 11 is 3.42. The average molecular weight is 363 g/mol. The first-order valence-corrected chi connectivity index (χ1v) is 10.2. The Morgan fingerprint density at radius 1 is 1.42 bits per heavy atom. The van der Waals surface area contributed by atoms with Crippen molar-refractivity contribution >= 4 is 28.9 Å². The van der Waals surface area contributed by atoms with E-state index >= 15 is 0 Å². The summed E-state index contributed by atoms with van der Waals surface area (Å²) in [5.41, 5.74) is 1.68. The number of ketones is 1. The molecule has 1 aliphatic carbocycles. The van der Waals surface area contributed by atoms with Gasteiger partial charge in [-0.25, -0.2) is 4.98 Å². The second-order valence-electron chi connectivity index (χ2n) is 6.12. The van der Waals surface area contributed by atoms with E-state index in [1.807, 2.05) is 30.6 Å². The van der Waals surface area contributed by atoms with E-state index in [9.17, 15) is 9.90 Å². The lowest BCUT2D eigenvalue weighted by Crippen LogP contribution is -2.15. The predicted molar refractivity (Wildman–Crippen MR) is 97.4 cm³/mol. The number of hydrogen-bond acceptors (Lipinski definition) is 6. The van der Waals surface area contributed by atoms with Crippen molar-refractivity contribution in [2.75, 3.05) is 5.75 Å². The molecule has 0 spiro atoms. The van der Waals surface area contributed by atoms with Crippen molar-refractivity contribution in [1.29, 1.82) is 0 Å². The summed E-state index contributed by atoms with van der Waals surface area (Å²) < 4.78 is 1.09. The number of nitrogens with zero attached hydrogens (tertiary/aromatic N) is 2. The average Bonchev–Trinajstić information content (AvgIpc) is 3.24. The zero-order chi connectivity index (χ0) is 16.9. The van der Waals surface area contributed by atoms with Gasteiger partial charge in [-0.3, -0.25) is 9.78 Å². The number of aromatic nitrogens is 2. The predicted octanol–water partition coefficient (Wildman–Crippen LogP) is 4.23. The summed E-state index contributed by atoms with van der Waals surface area (Å²) in [6.07, 6.45) is 6.33. The summed E-state index contributed by atoms with van der Waals surface area (Å²) in [5.74, 6) is 1.55. The molecule has 0 aliphatic heterocycles. The number of carbonyl (C=O) groups excluding carboxylic acids is 1. The Bertz CT molecular complexity index is 658. The second kappa shape index (κ2) is 8.23.